The van der Waals surface area contributed by atoms with E-state index in [-0.39, 0.29) is 16.5 Å². The highest BCUT2D eigenvalue weighted by Crippen LogP contribution is 2.31. The van der Waals surface area contributed by atoms with Crippen LogP contribution < -0.4 is 9.46 Å². The van der Waals surface area contributed by atoms with Crippen LogP contribution in [0.3, 0.4) is 0 Å². The maximum Gasteiger partial charge on any atom is 0.267 e. The summed E-state index contributed by atoms with van der Waals surface area (Å²) >= 11 is 0. The van der Waals surface area contributed by atoms with E-state index in [1.807, 2.05) is 19.1 Å². The van der Waals surface area contributed by atoms with Gasteiger partial charge in [-0.2, -0.15) is 0 Å². The van der Waals surface area contributed by atoms with E-state index in [1.165, 1.54) is 6.07 Å². The molecular formula is C18H18N2O4S. The molecule has 0 atom stereocenters. The Balaban J connectivity index is 1.93. The summed E-state index contributed by atoms with van der Waals surface area (Å²) in [5.74, 6) is 0.885. The largest absolute Gasteiger partial charge is 0.456 e. The van der Waals surface area contributed by atoms with Crippen molar-refractivity contribution in [2.75, 3.05) is 4.72 Å². The summed E-state index contributed by atoms with van der Waals surface area (Å²) in [4.78, 5) is 0.0176. The van der Waals surface area contributed by atoms with Gasteiger partial charge in [0.05, 0.1) is 5.69 Å². The van der Waals surface area contributed by atoms with Crippen LogP contribution in [0.2, 0.25) is 0 Å². The van der Waals surface area contributed by atoms with Gasteiger partial charge in [0.25, 0.3) is 10.0 Å². The van der Waals surface area contributed by atoms with Gasteiger partial charge in [0, 0.05) is 5.56 Å². The molecule has 1 aromatic heterocycles. The fourth-order valence-electron chi connectivity index (χ4n) is 2.18. The first-order valence-electron chi connectivity index (χ1n) is 7.66. The number of hydrogen-bond acceptors (Lipinski definition) is 5. The van der Waals surface area contributed by atoms with Crippen LogP contribution in [0.1, 0.15) is 16.8 Å². The van der Waals surface area contributed by atoms with Crippen LogP contribution in [0, 0.1) is 20.8 Å². The van der Waals surface area contributed by atoms with Crippen LogP contribution in [0.15, 0.2) is 57.9 Å². The molecule has 130 valence electrons. The van der Waals surface area contributed by atoms with Crippen molar-refractivity contribution < 1.29 is 17.7 Å². The lowest BCUT2D eigenvalue weighted by molar-refractivity contribution is 0.430. The normalized spacial score (nSPS) is 11.3. The van der Waals surface area contributed by atoms with Gasteiger partial charge in [0.1, 0.15) is 16.4 Å². The molecule has 0 aliphatic heterocycles. The van der Waals surface area contributed by atoms with Crippen LogP contribution in [0.5, 0.6) is 11.5 Å². The summed E-state index contributed by atoms with van der Waals surface area (Å²) in [6.07, 6.45) is 0. The molecule has 0 fully saturated rings. The Morgan fingerprint density at radius 2 is 1.68 bits per heavy atom. The summed E-state index contributed by atoms with van der Waals surface area (Å²) in [6, 6.07) is 13.8. The highest BCUT2D eigenvalue weighted by atomic mass is 32.2. The standard InChI is InChI=1S/C18H18N2O4S/c1-12-8-10-15(11-9-12)23-16-6-4-5-7-17(16)25(21,22)20-18-13(2)14(3)19-24-18/h4-11,20H,1-3H3. The Morgan fingerprint density at radius 1 is 1.00 bits per heavy atom. The van der Waals surface area contributed by atoms with Crippen molar-refractivity contribution in [1.82, 2.24) is 5.16 Å². The van der Waals surface area contributed by atoms with Crippen molar-refractivity contribution in [3.63, 3.8) is 0 Å². The van der Waals surface area contributed by atoms with Crippen molar-refractivity contribution in [1.29, 1.82) is 0 Å². The minimum absolute atomic E-state index is 0.0176. The van der Waals surface area contributed by atoms with Gasteiger partial charge in [-0.15, -0.1) is 0 Å². The highest BCUT2D eigenvalue weighted by molar-refractivity contribution is 7.92. The molecule has 0 spiro atoms. The summed E-state index contributed by atoms with van der Waals surface area (Å²) in [6.45, 7) is 5.44. The second-order valence-corrected chi connectivity index (χ2v) is 7.34. The second kappa shape index (κ2) is 6.60. The Bertz CT molecular complexity index is 992. The van der Waals surface area contributed by atoms with E-state index in [9.17, 15) is 8.42 Å². The first kappa shape index (κ1) is 17.0. The smallest absolute Gasteiger partial charge is 0.267 e. The number of sulfonamides is 1. The first-order valence-corrected chi connectivity index (χ1v) is 9.14. The molecule has 0 radical (unpaired) electrons. The highest BCUT2D eigenvalue weighted by Gasteiger charge is 2.23. The average molecular weight is 358 g/mol. The van der Waals surface area contributed by atoms with Gasteiger partial charge in [-0.05, 0) is 45.0 Å². The third-order valence-corrected chi connectivity index (χ3v) is 5.14. The van der Waals surface area contributed by atoms with Crippen molar-refractivity contribution in [3.05, 3.63) is 65.4 Å². The Kier molecular flexibility index (Phi) is 4.50. The summed E-state index contributed by atoms with van der Waals surface area (Å²) in [7, 11) is -3.89. The van der Waals surface area contributed by atoms with Gasteiger partial charge in [-0.25, -0.2) is 13.1 Å². The molecular weight excluding hydrogens is 340 g/mol. The summed E-state index contributed by atoms with van der Waals surface area (Å²) < 4.78 is 38.7. The number of aromatic nitrogens is 1. The van der Waals surface area contributed by atoms with E-state index in [0.717, 1.165) is 5.56 Å². The Hall–Kier alpha value is -2.80. The average Bonchev–Trinajstić information content (AvgIpc) is 2.89. The number of rotatable bonds is 5. The first-order chi connectivity index (χ1) is 11.9. The molecule has 6 nitrogen and oxygen atoms in total. The Labute approximate surface area is 146 Å². The SMILES string of the molecule is Cc1ccc(Oc2ccccc2S(=O)(=O)Nc2onc(C)c2C)cc1. The summed E-state index contributed by atoms with van der Waals surface area (Å²) in [5, 5.41) is 3.76. The third-order valence-electron chi connectivity index (χ3n) is 3.77. The number of anilines is 1. The summed E-state index contributed by atoms with van der Waals surface area (Å²) in [5.41, 5.74) is 2.36. The fourth-order valence-corrected chi connectivity index (χ4v) is 3.35. The van der Waals surface area contributed by atoms with E-state index < -0.39 is 10.0 Å². The van der Waals surface area contributed by atoms with Gasteiger partial charge in [0.2, 0.25) is 5.88 Å². The van der Waals surface area contributed by atoms with Gasteiger partial charge in [-0.1, -0.05) is 35.0 Å². The predicted octanol–water partition coefficient (Wildman–Crippen LogP) is 4.19. The van der Waals surface area contributed by atoms with E-state index in [4.69, 9.17) is 9.26 Å². The topological polar surface area (TPSA) is 81.4 Å². The minimum Gasteiger partial charge on any atom is -0.456 e. The molecule has 0 bridgehead atoms. The van der Waals surface area contributed by atoms with Gasteiger partial charge in [0.15, 0.2) is 0 Å². The molecule has 2 aromatic carbocycles. The molecule has 0 aliphatic rings. The van der Waals surface area contributed by atoms with E-state index in [1.54, 1.807) is 44.2 Å². The van der Waals surface area contributed by atoms with Crippen LogP contribution in [-0.2, 0) is 10.0 Å². The van der Waals surface area contributed by atoms with Crippen molar-refractivity contribution in [3.8, 4) is 11.5 Å². The van der Waals surface area contributed by atoms with Crippen LogP contribution in [-0.4, -0.2) is 13.6 Å². The minimum atomic E-state index is -3.89. The fraction of sp³-hybridized carbons (Fsp3) is 0.167. The lowest BCUT2D eigenvalue weighted by atomic mass is 10.2. The van der Waals surface area contributed by atoms with E-state index >= 15 is 0 Å². The molecule has 0 saturated heterocycles. The monoisotopic (exact) mass is 358 g/mol. The lowest BCUT2D eigenvalue weighted by Crippen LogP contribution is -2.14. The number of para-hydroxylation sites is 1. The molecule has 1 N–H and O–H groups in total. The molecule has 0 unspecified atom stereocenters. The van der Waals surface area contributed by atoms with Gasteiger partial charge < -0.3 is 9.26 Å². The maximum atomic E-state index is 12.7. The third kappa shape index (κ3) is 3.66. The van der Waals surface area contributed by atoms with E-state index in [2.05, 4.69) is 9.88 Å². The molecule has 3 rings (SSSR count). The molecule has 0 aliphatic carbocycles. The maximum absolute atomic E-state index is 12.7. The number of nitrogens with one attached hydrogen (secondary N) is 1. The van der Waals surface area contributed by atoms with E-state index in [0.29, 0.717) is 17.0 Å². The molecule has 0 saturated carbocycles. The van der Waals surface area contributed by atoms with Crippen molar-refractivity contribution in [2.24, 2.45) is 0 Å². The zero-order valence-corrected chi connectivity index (χ0v) is 14.9. The number of ether oxygens (including phenoxy) is 1. The molecule has 0 amide bonds. The van der Waals surface area contributed by atoms with Gasteiger partial charge in [-0.3, -0.25) is 0 Å². The zero-order chi connectivity index (χ0) is 18.0. The quantitative estimate of drug-likeness (QED) is 0.739. The number of nitrogens with zero attached hydrogens (tertiary/aromatic N) is 1. The van der Waals surface area contributed by atoms with Crippen LogP contribution >= 0.6 is 0 Å². The molecule has 25 heavy (non-hydrogen) atoms. The number of aryl methyl sites for hydroxylation is 2. The second-order valence-electron chi connectivity index (χ2n) is 5.69. The van der Waals surface area contributed by atoms with Crippen molar-refractivity contribution in [2.45, 2.75) is 25.7 Å². The zero-order valence-electron chi connectivity index (χ0n) is 14.1. The molecule has 3 aromatic rings. The number of benzene rings is 2. The van der Waals surface area contributed by atoms with Gasteiger partial charge >= 0.3 is 0 Å². The predicted molar refractivity (Wildman–Crippen MR) is 94.5 cm³/mol. The lowest BCUT2D eigenvalue weighted by Gasteiger charge is -2.12. The Morgan fingerprint density at radius 3 is 2.32 bits per heavy atom. The van der Waals surface area contributed by atoms with Crippen molar-refractivity contribution >= 4 is 15.9 Å². The molecule has 7 heteroatoms. The van der Waals surface area contributed by atoms with Crippen LogP contribution in [0.25, 0.3) is 0 Å². The molecule has 1 heterocycles. The number of hydrogen-bond donors (Lipinski definition) is 1. The van der Waals surface area contributed by atoms with Crippen LogP contribution in [0.4, 0.5) is 5.88 Å².